The molecule has 2 rings (SSSR count). The molecule has 1 aliphatic rings. The van der Waals surface area contributed by atoms with Crippen molar-refractivity contribution in [3.63, 3.8) is 0 Å². The Hall–Kier alpha value is -1.56. The molecule has 1 aromatic rings. The maximum absolute atomic E-state index is 12.6. The van der Waals surface area contributed by atoms with Crippen LogP contribution < -0.4 is 16.0 Å². The summed E-state index contributed by atoms with van der Waals surface area (Å²) in [7, 11) is 0. The van der Waals surface area contributed by atoms with Gasteiger partial charge in [-0.2, -0.15) is 13.2 Å². The van der Waals surface area contributed by atoms with Crippen LogP contribution in [0.5, 0.6) is 0 Å². The highest BCUT2D eigenvalue weighted by Crippen LogP contribution is 2.29. The number of hydrogen-bond acceptors (Lipinski definition) is 3. The molecular weight excluding hydrogens is 500 g/mol. The van der Waals surface area contributed by atoms with E-state index in [1.165, 1.54) is 12.1 Å². The zero-order valence-electron chi connectivity index (χ0n) is 16.6. The minimum atomic E-state index is -4.42. The number of guanidine groups is 1. The van der Waals surface area contributed by atoms with Crippen molar-refractivity contribution in [3.05, 3.63) is 35.4 Å². The normalized spacial score (nSPS) is 19.4. The fourth-order valence-electron chi connectivity index (χ4n) is 2.82. The molecule has 1 aromatic carbocycles. The number of ether oxygens (including phenoxy) is 1. The number of carbonyl (C=O) groups is 1. The average Bonchev–Trinajstić information content (AvgIpc) is 3.09. The molecule has 0 aromatic heterocycles. The van der Waals surface area contributed by atoms with Gasteiger partial charge in [-0.1, -0.05) is 0 Å². The van der Waals surface area contributed by atoms with Gasteiger partial charge in [-0.15, -0.1) is 24.0 Å². The van der Waals surface area contributed by atoms with Crippen molar-refractivity contribution in [3.8, 4) is 0 Å². The first-order valence-electron chi connectivity index (χ1n) is 9.35. The van der Waals surface area contributed by atoms with Crippen LogP contribution >= 0.6 is 24.0 Å². The molecule has 0 spiro atoms. The van der Waals surface area contributed by atoms with Crippen molar-refractivity contribution in [1.29, 1.82) is 0 Å². The van der Waals surface area contributed by atoms with Crippen LogP contribution in [-0.2, 0) is 10.9 Å². The van der Waals surface area contributed by atoms with Crippen LogP contribution in [0.1, 0.15) is 42.6 Å². The van der Waals surface area contributed by atoms with Gasteiger partial charge in [-0.3, -0.25) is 9.79 Å². The average molecular weight is 528 g/mol. The van der Waals surface area contributed by atoms with Crippen molar-refractivity contribution in [2.75, 3.05) is 32.8 Å². The third-order valence-corrected chi connectivity index (χ3v) is 4.39. The summed E-state index contributed by atoms with van der Waals surface area (Å²) in [4.78, 5) is 16.6. The molecule has 0 radical (unpaired) electrons. The Balaban J connectivity index is 0.00000420. The van der Waals surface area contributed by atoms with Crippen molar-refractivity contribution in [2.45, 2.75) is 38.5 Å². The molecule has 0 aliphatic carbocycles. The summed E-state index contributed by atoms with van der Waals surface area (Å²) in [6, 6.07) is 4.13. The Bertz CT molecular complexity index is 675. The van der Waals surface area contributed by atoms with Gasteiger partial charge in [0.1, 0.15) is 0 Å². The Morgan fingerprint density at radius 2 is 1.83 bits per heavy atom. The van der Waals surface area contributed by atoms with E-state index in [1.54, 1.807) is 0 Å². The smallest absolute Gasteiger partial charge is 0.373 e. The predicted molar refractivity (Wildman–Crippen MR) is 117 cm³/mol. The van der Waals surface area contributed by atoms with E-state index in [0.29, 0.717) is 32.1 Å². The van der Waals surface area contributed by atoms with Gasteiger partial charge in [0.15, 0.2) is 5.96 Å². The Labute approximate surface area is 186 Å². The number of carbonyl (C=O) groups excluding carboxylic acids is 1. The molecule has 0 saturated carbocycles. The quantitative estimate of drug-likeness (QED) is 0.220. The number of nitrogens with one attached hydrogen (secondary N) is 3. The number of benzene rings is 1. The minimum absolute atomic E-state index is 0. The van der Waals surface area contributed by atoms with E-state index in [0.717, 1.165) is 31.6 Å². The summed E-state index contributed by atoms with van der Waals surface area (Å²) in [6.07, 6.45) is -2.41. The van der Waals surface area contributed by atoms with E-state index >= 15 is 0 Å². The van der Waals surface area contributed by atoms with E-state index < -0.39 is 17.6 Å². The number of rotatable bonds is 7. The molecule has 1 atom stereocenters. The molecule has 1 fully saturated rings. The van der Waals surface area contributed by atoms with E-state index in [4.69, 9.17) is 4.74 Å². The number of hydrogen-bond donors (Lipinski definition) is 3. The monoisotopic (exact) mass is 528 g/mol. The number of amides is 1. The fraction of sp³-hybridized carbons (Fsp3) is 0.579. The Kier molecular flexibility index (Phi) is 10.2. The number of nitrogens with zero attached hydrogens (tertiary/aromatic N) is 1. The predicted octanol–water partition coefficient (Wildman–Crippen LogP) is 3.18. The molecule has 6 nitrogen and oxygen atoms in total. The van der Waals surface area contributed by atoms with Gasteiger partial charge < -0.3 is 20.7 Å². The lowest BCUT2D eigenvalue weighted by Crippen LogP contribution is -2.42. The highest BCUT2D eigenvalue weighted by atomic mass is 127. The molecule has 1 aliphatic heterocycles. The van der Waals surface area contributed by atoms with Crippen LogP contribution in [0.15, 0.2) is 29.3 Å². The summed E-state index contributed by atoms with van der Waals surface area (Å²) in [5.41, 5.74) is -0.837. The van der Waals surface area contributed by atoms with Gasteiger partial charge in [0, 0.05) is 31.8 Å². The molecule has 29 heavy (non-hydrogen) atoms. The van der Waals surface area contributed by atoms with Crippen LogP contribution in [0, 0.1) is 0 Å². The standard InChI is InChI=1S/C19H27F3N4O2.HI/c1-3-23-17(26-13-18(2)9-4-12-28-18)25-11-10-24-16(27)14-5-7-15(8-6-14)19(20,21)22;/h5-8H,3-4,9-13H2,1-2H3,(H,24,27)(H2,23,25,26);1H. The van der Waals surface area contributed by atoms with Crippen LogP contribution in [0.3, 0.4) is 0 Å². The SMILES string of the molecule is CCNC(=NCC1(C)CCCO1)NCCNC(=O)c1ccc(C(F)(F)F)cc1.I. The van der Waals surface area contributed by atoms with Crippen LogP contribution in [-0.4, -0.2) is 50.3 Å². The second-order valence-electron chi connectivity index (χ2n) is 6.85. The van der Waals surface area contributed by atoms with Crippen LogP contribution in [0.4, 0.5) is 13.2 Å². The second-order valence-corrected chi connectivity index (χ2v) is 6.85. The first-order chi connectivity index (χ1) is 13.2. The fourth-order valence-corrected chi connectivity index (χ4v) is 2.82. The van der Waals surface area contributed by atoms with Crippen LogP contribution in [0.2, 0.25) is 0 Å². The topological polar surface area (TPSA) is 74.8 Å². The van der Waals surface area contributed by atoms with Gasteiger partial charge in [0.2, 0.25) is 0 Å². The Morgan fingerprint density at radius 3 is 2.38 bits per heavy atom. The summed E-state index contributed by atoms with van der Waals surface area (Å²) in [6.45, 7) is 6.72. The summed E-state index contributed by atoms with van der Waals surface area (Å²) < 4.78 is 43.4. The maximum atomic E-state index is 12.6. The molecule has 1 heterocycles. The zero-order chi connectivity index (χ0) is 20.6. The summed E-state index contributed by atoms with van der Waals surface area (Å²) in [5, 5.41) is 8.91. The van der Waals surface area contributed by atoms with E-state index in [9.17, 15) is 18.0 Å². The number of alkyl halides is 3. The number of halogens is 4. The lowest BCUT2D eigenvalue weighted by atomic mass is 10.0. The third kappa shape index (κ3) is 8.37. The molecule has 10 heteroatoms. The van der Waals surface area contributed by atoms with Crippen LogP contribution in [0.25, 0.3) is 0 Å². The second kappa shape index (κ2) is 11.6. The van der Waals surface area contributed by atoms with Crippen molar-refractivity contribution in [1.82, 2.24) is 16.0 Å². The number of aliphatic imine (C=N–C) groups is 1. The first kappa shape index (κ1) is 25.5. The molecule has 0 bridgehead atoms. The zero-order valence-corrected chi connectivity index (χ0v) is 18.9. The maximum Gasteiger partial charge on any atom is 0.416 e. The van der Waals surface area contributed by atoms with E-state index in [1.807, 2.05) is 13.8 Å². The highest BCUT2D eigenvalue weighted by Gasteiger charge is 2.30. The lowest BCUT2D eigenvalue weighted by molar-refractivity contribution is -0.137. The van der Waals surface area contributed by atoms with Crippen molar-refractivity contribution >= 4 is 35.8 Å². The molecular formula is C19H28F3IN4O2. The van der Waals surface area contributed by atoms with Gasteiger partial charge in [-0.25, -0.2) is 0 Å². The molecule has 1 unspecified atom stereocenters. The molecule has 3 N–H and O–H groups in total. The summed E-state index contributed by atoms with van der Waals surface area (Å²) in [5.74, 6) is 0.201. The third-order valence-electron chi connectivity index (χ3n) is 4.39. The van der Waals surface area contributed by atoms with Gasteiger partial charge in [0.05, 0.1) is 17.7 Å². The first-order valence-corrected chi connectivity index (χ1v) is 9.35. The van der Waals surface area contributed by atoms with E-state index in [2.05, 4.69) is 20.9 Å². The van der Waals surface area contributed by atoms with Gasteiger partial charge in [-0.05, 0) is 51.0 Å². The lowest BCUT2D eigenvalue weighted by Gasteiger charge is -2.21. The van der Waals surface area contributed by atoms with Crippen molar-refractivity contribution in [2.24, 2.45) is 4.99 Å². The van der Waals surface area contributed by atoms with Crippen molar-refractivity contribution < 1.29 is 22.7 Å². The van der Waals surface area contributed by atoms with Gasteiger partial charge in [0.25, 0.3) is 5.91 Å². The largest absolute Gasteiger partial charge is 0.416 e. The Morgan fingerprint density at radius 1 is 1.17 bits per heavy atom. The molecule has 164 valence electrons. The molecule has 1 amide bonds. The highest BCUT2D eigenvalue weighted by molar-refractivity contribution is 14.0. The van der Waals surface area contributed by atoms with Gasteiger partial charge >= 0.3 is 6.18 Å². The minimum Gasteiger partial charge on any atom is -0.373 e. The van der Waals surface area contributed by atoms with E-state index in [-0.39, 0.29) is 35.1 Å². The molecule has 1 saturated heterocycles. The summed E-state index contributed by atoms with van der Waals surface area (Å²) >= 11 is 0.